The number of hydrogen-bond acceptors (Lipinski definition) is 4. The number of hydrogen-bond donors (Lipinski definition) is 1. The van der Waals surface area contributed by atoms with Crippen LogP contribution in [0, 0.1) is 11.3 Å². The van der Waals surface area contributed by atoms with Crippen LogP contribution in [0.25, 0.3) is 0 Å². The number of halogens is 3. The second-order valence-electron chi connectivity index (χ2n) is 4.47. The molecule has 1 aromatic heterocycles. The van der Waals surface area contributed by atoms with Crippen molar-refractivity contribution in [2.24, 2.45) is 0 Å². The first-order valence-corrected chi connectivity index (χ1v) is 6.19. The molecule has 0 fully saturated rings. The summed E-state index contributed by atoms with van der Waals surface area (Å²) in [5, 5.41) is 12.0. The Bertz CT molecular complexity index is 481. The van der Waals surface area contributed by atoms with Gasteiger partial charge in [-0.05, 0) is 25.1 Å². The molecule has 20 heavy (non-hydrogen) atoms. The van der Waals surface area contributed by atoms with Crippen molar-refractivity contribution in [1.82, 2.24) is 10.3 Å². The molecule has 0 aliphatic heterocycles. The molecule has 4 nitrogen and oxygen atoms in total. The standard InChI is InChI=1S/C13H16F3N3O/c1-9(2)18-6-3-7-20-12-10(8-17)4-5-11(19-12)13(14,15)16/h4-5,9,18H,3,6-7H2,1-2H3. The van der Waals surface area contributed by atoms with Gasteiger partial charge in [0.25, 0.3) is 0 Å². The number of alkyl halides is 3. The van der Waals surface area contributed by atoms with Crippen molar-refractivity contribution in [1.29, 1.82) is 5.26 Å². The monoisotopic (exact) mass is 287 g/mol. The third kappa shape index (κ3) is 5.05. The molecule has 0 amide bonds. The molecule has 110 valence electrons. The molecule has 0 radical (unpaired) electrons. The van der Waals surface area contributed by atoms with Gasteiger partial charge in [0.15, 0.2) is 0 Å². The number of nitrogens with one attached hydrogen (secondary N) is 1. The Balaban J connectivity index is 2.66. The average molecular weight is 287 g/mol. The molecule has 0 bridgehead atoms. The lowest BCUT2D eigenvalue weighted by atomic mass is 10.2. The molecule has 0 saturated carbocycles. The van der Waals surface area contributed by atoms with E-state index in [1.165, 1.54) is 0 Å². The lowest BCUT2D eigenvalue weighted by Crippen LogP contribution is -2.25. The van der Waals surface area contributed by atoms with E-state index < -0.39 is 11.9 Å². The Labute approximate surface area is 115 Å². The first-order valence-electron chi connectivity index (χ1n) is 6.19. The van der Waals surface area contributed by atoms with Crippen LogP contribution >= 0.6 is 0 Å². The van der Waals surface area contributed by atoms with Crippen LogP contribution in [0.4, 0.5) is 13.2 Å². The van der Waals surface area contributed by atoms with Crippen molar-refractivity contribution in [2.45, 2.75) is 32.5 Å². The molecule has 0 unspecified atom stereocenters. The van der Waals surface area contributed by atoms with Crippen LogP contribution in [0.2, 0.25) is 0 Å². The maximum absolute atomic E-state index is 12.5. The van der Waals surface area contributed by atoms with Gasteiger partial charge in [-0.25, -0.2) is 4.98 Å². The van der Waals surface area contributed by atoms with Crippen LogP contribution in [0.3, 0.4) is 0 Å². The zero-order chi connectivity index (χ0) is 15.2. The van der Waals surface area contributed by atoms with Crippen molar-refractivity contribution in [2.75, 3.05) is 13.2 Å². The molecule has 1 aromatic rings. The molecule has 0 aliphatic rings. The van der Waals surface area contributed by atoms with E-state index in [0.717, 1.165) is 12.1 Å². The summed E-state index contributed by atoms with van der Waals surface area (Å²) in [5.41, 5.74) is -1.07. The topological polar surface area (TPSA) is 57.9 Å². The predicted octanol–water partition coefficient (Wildman–Crippen LogP) is 2.74. The van der Waals surface area contributed by atoms with Crippen molar-refractivity contribution >= 4 is 0 Å². The number of nitrogens with zero attached hydrogens (tertiary/aromatic N) is 2. The van der Waals surface area contributed by atoms with Crippen LogP contribution in [0.5, 0.6) is 5.88 Å². The summed E-state index contributed by atoms with van der Waals surface area (Å²) in [4.78, 5) is 3.36. The number of pyridine rings is 1. The highest BCUT2D eigenvalue weighted by Crippen LogP contribution is 2.29. The normalized spacial score (nSPS) is 11.4. The molecule has 1 rings (SSSR count). The number of nitriles is 1. The van der Waals surface area contributed by atoms with Crippen LogP contribution in [-0.2, 0) is 6.18 Å². The SMILES string of the molecule is CC(C)NCCCOc1nc(C(F)(F)F)ccc1C#N. The van der Waals surface area contributed by atoms with E-state index in [-0.39, 0.29) is 18.1 Å². The summed E-state index contributed by atoms with van der Waals surface area (Å²) in [6.45, 7) is 4.85. The molecule has 0 aromatic carbocycles. The summed E-state index contributed by atoms with van der Waals surface area (Å²) in [5.74, 6) is -0.271. The minimum atomic E-state index is -4.55. The second kappa shape index (κ2) is 7.10. The second-order valence-corrected chi connectivity index (χ2v) is 4.47. The van der Waals surface area contributed by atoms with E-state index in [1.54, 1.807) is 6.07 Å². The Hall–Kier alpha value is -1.81. The van der Waals surface area contributed by atoms with Crippen molar-refractivity contribution in [3.05, 3.63) is 23.4 Å². The first-order chi connectivity index (χ1) is 9.34. The molecule has 0 saturated heterocycles. The van der Waals surface area contributed by atoms with Gasteiger partial charge in [0.1, 0.15) is 17.3 Å². The summed E-state index contributed by atoms with van der Waals surface area (Å²) in [7, 11) is 0. The van der Waals surface area contributed by atoms with Gasteiger partial charge in [0.2, 0.25) is 5.88 Å². The lowest BCUT2D eigenvalue weighted by Gasteiger charge is -2.11. The fraction of sp³-hybridized carbons (Fsp3) is 0.538. The van der Waals surface area contributed by atoms with E-state index in [2.05, 4.69) is 10.3 Å². The first kappa shape index (κ1) is 16.2. The van der Waals surface area contributed by atoms with Gasteiger partial charge in [-0.1, -0.05) is 13.8 Å². The van der Waals surface area contributed by atoms with Crippen LogP contribution < -0.4 is 10.1 Å². The lowest BCUT2D eigenvalue weighted by molar-refractivity contribution is -0.141. The smallest absolute Gasteiger partial charge is 0.433 e. The van der Waals surface area contributed by atoms with Gasteiger partial charge in [-0.15, -0.1) is 0 Å². The van der Waals surface area contributed by atoms with Gasteiger partial charge >= 0.3 is 6.18 Å². The highest BCUT2D eigenvalue weighted by atomic mass is 19.4. The number of aromatic nitrogens is 1. The molecular weight excluding hydrogens is 271 g/mol. The Morgan fingerprint density at radius 1 is 1.40 bits per heavy atom. The molecule has 7 heteroatoms. The summed E-state index contributed by atoms with van der Waals surface area (Å²) in [6.07, 6.45) is -3.94. The maximum atomic E-state index is 12.5. The van der Waals surface area contributed by atoms with E-state index in [1.807, 2.05) is 13.8 Å². The van der Waals surface area contributed by atoms with Gasteiger partial charge in [0, 0.05) is 6.04 Å². The van der Waals surface area contributed by atoms with Crippen molar-refractivity contribution < 1.29 is 17.9 Å². The molecule has 1 heterocycles. The van der Waals surface area contributed by atoms with Crippen LogP contribution in [0.1, 0.15) is 31.5 Å². The minimum absolute atomic E-state index is 0.00480. The minimum Gasteiger partial charge on any atom is -0.477 e. The van der Waals surface area contributed by atoms with Crippen molar-refractivity contribution in [3.8, 4) is 11.9 Å². The van der Waals surface area contributed by atoms with Gasteiger partial charge < -0.3 is 10.1 Å². The van der Waals surface area contributed by atoms with E-state index >= 15 is 0 Å². The summed E-state index contributed by atoms with van der Waals surface area (Å²) < 4.78 is 42.7. The zero-order valence-electron chi connectivity index (χ0n) is 11.3. The highest BCUT2D eigenvalue weighted by molar-refractivity contribution is 5.39. The average Bonchev–Trinajstić information content (AvgIpc) is 2.36. The van der Waals surface area contributed by atoms with Crippen LogP contribution in [0.15, 0.2) is 12.1 Å². The quantitative estimate of drug-likeness (QED) is 0.817. The highest BCUT2D eigenvalue weighted by Gasteiger charge is 2.33. The zero-order valence-corrected chi connectivity index (χ0v) is 11.3. The van der Waals surface area contributed by atoms with Gasteiger partial charge in [-0.3, -0.25) is 0 Å². The molecule has 1 N–H and O–H groups in total. The molecule has 0 spiro atoms. The Morgan fingerprint density at radius 3 is 2.65 bits per heavy atom. The number of ether oxygens (including phenoxy) is 1. The third-order valence-electron chi connectivity index (χ3n) is 2.38. The van der Waals surface area contributed by atoms with Gasteiger partial charge in [-0.2, -0.15) is 18.4 Å². The Kier molecular flexibility index (Phi) is 5.77. The predicted molar refractivity (Wildman–Crippen MR) is 67.2 cm³/mol. The molecule has 0 aliphatic carbocycles. The van der Waals surface area contributed by atoms with Crippen LogP contribution in [-0.4, -0.2) is 24.2 Å². The number of rotatable bonds is 6. The van der Waals surface area contributed by atoms with Gasteiger partial charge in [0.05, 0.1) is 6.61 Å². The van der Waals surface area contributed by atoms with Crippen molar-refractivity contribution in [3.63, 3.8) is 0 Å². The molecular formula is C13H16F3N3O. The van der Waals surface area contributed by atoms with E-state index in [9.17, 15) is 13.2 Å². The summed E-state index contributed by atoms with van der Waals surface area (Å²) >= 11 is 0. The maximum Gasteiger partial charge on any atom is 0.433 e. The fourth-order valence-electron chi connectivity index (χ4n) is 1.43. The Morgan fingerprint density at radius 2 is 2.10 bits per heavy atom. The third-order valence-corrected chi connectivity index (χ3v) is 2.38. The van der Waals surface area contributed by atoms with E-state index in [4.69, 9.17) is 10.00 Å². The largest absolute Gasteiger partial charge is 0.477 e. The molecule has 0 atom stereocenters. The van der Waals surface area contributed by atoms with E-state index in [0.29, 0.717) is 19.0 Å². The summed E-state index contributed by atoms with van der Waals surface area (Å²) in [6, 6.07) is 3.93. The fourth-order valence-corrected chi connectivity index (χ4v) is 1.43.